The Balaban J connectivity index is 2.63. The Labute approximate surface area is 103 Å². The van der Waals surface area contributed by atoms with Gasteiger partial charge < -0.3 is 20.1 Å². The summed E-state index contributed by atoms with van der Waals surface area (Å²) in [6, 6.07) is 0.0312. The van der Waals surface area contributed by atoms with Gasteiger partial charge in [-0.2, -0.15) is 0 Å². The predicted octanol–water partition coefficient (Wildman–Crippen LogP) is 0.378. The zero-order valence-electron chi connectivity index (χ0n) is 11.1. The van der Waals surface area contributed by atoms with E-state index in [1.807, 2.05) is 6.92 Å². The molecular weight excluding hydrogens is 220 g/mol. The van der Waals surface area contributed by atoms with Gasteiger partial charge in [-0.05, 0) is 26.2 Å². The van der Waals surface area contributed by atoms with Crippen LogP contribution in [-0.4, -0.2) is 56.4 Å². The van der Waals surface area contributed by atoms with Gasteiger partial charge in [-0.15, -0.1) is 0 Å². The van der Waals surface area contributed by atoms with Gasteiger partial charge in [0.25, 0.3) is 0 Å². The summed E-state index contributed by atoms with van der Waals surface area (Å²) < 4.78 is 10.1. The highest BCUT2D eigenvalue weighted by molar-refractivity contribution is 5.87. The number of nitrogens with zero attached hydrogens (tertiary/aromatic N) is 1. The van der Waals surface area contributed by atoms with E-state index in [-0.39, 0.29) is 11.9 Å². The molecule has 0 aliphatic heterocycles. The summed E-state index contributed by atoms with van der Waals surface area (Å²) in [6.07, 6.45) is 2.61. The Hall–Kier alpha value is -0.650. The van der Waals surface area contributed by atoms with Gasteiger partial charge in [0.15, 0.2) is 0 Å². The standard InChI is InChI=1S/C12H24N2O3/c1-10(9-17-3)14(7-8-16-2)11(15)12(13)5-4-6-12/h10H,4-9,13H2,1-3H3. The number of amides is 1. The smallest absolute Gasteiger partial charge is 0.243 e. The lowest BCUT2D eigenvalue weighted by atomic mass is 9.76. The zero-order valence-corrected chi connectivity index (χ0v) is 11.1. The first-order valence-electron chi connectivity index (χ1n) is 6.13. The number of nitrogens with two attached hydrogens (primary N) is 1. The molecule has 1 fully saturated rings. The first-order chi connectivity index (χ1) is 8.05. The van der Waals surface area contributed by atoms with Gasteiger partial charge in [0.2, 0.25) is 5.91 Å². The number of hydrogen-bond acceptors (Lipinski definition) is 4. The molecule has 0 radical (unpaired) electrons. The van der Waals surface area contributed by atoms with E-state index in [4.69, 9.17) is 15.2 Å². The Morgan fingerprint density at radius 2 is 2.06 bits per heavy atom. The van der Waals surface area contributed by atoms with Gasteiger partial charge in [0.05, 0.1) is 24.8 Å². The molecule has 5 heteroatoms. The number of carbonyl (C=O) groups is 1. The molecule has 5 nitrogen and oxygen atoms in total. The maximum Gasteiger partial charge on any atom is 0.243 e. The van der Waals surface area contributed by atoms with Crippen LogP contribution in [0.4, 0.5) is 0 Å². The fourth-order valence-corrected chi connectivity index (χ4v) is 2.10. The normalized spacial score (nSPS) is 19.5. The van der Waals surface area contributed by atoms with Crippen LogP contribution in [0.25, 0.3) is 0 Å². The van der Waals surface area contributed by atoms with E-state index in [0.29, 0.717) is 19.8 Å². The molecule has 0 aromatic heterocycles. The van der Waals surface area contributed by atoms with Crippen molar-refractivity contribution in [2.45, 2.75) is 37.8 Å². The lowest BCUT2D eigenvalue weighted by Crippen LogP contribution is -2.62. The minimum absolute atomic E-state index is 0.0312. The number of ether oxygens (including phenoxy) is 2. The average Bonchev–Trinajstić information content (AvgIpc) is 2.26. The minimum atomic E-state index is -0.643. The van der Waals surface area contributed by atoms with Crippen molar-refractivity contribution >= 4 is 5.91 Å². The largest absolute Gasteiger partial charge is 0.383 e. The summed E-state index contributed by atoms with van der Waals surface area (Å²) in [6.45, 7) is 3.58. The van der Waals surface area contributed by atoms with Crippen molar-refractivity contribution in [1.82, 2.24) is 4.90 Å². The molecule has 0 heterocycles. The van der Waals surface area contributed by atoms with Gasteiger partial charge in [-0.3, -0.25) is 4.79 Å². The molecule has 0 saturated heterocycles. The highest BCUT2D eigenvalue weighted by Gasteiger charge is 2.43. The van der Waals surface area contributed by atoms with E-state index in [1.165, 1.54) is 0 Å². The first-order valence-corrected chi connectivity index (χ1v) is 6.13. The first kappa shape index (κ1) is 14.4. The molecule has 1 amide bonds. The Kier molecular flexibility index (Phi) is 5.36. The summed E-state index contributed by atoms with van der Waals surface area (Å²) in [5.41, 5.74) is 5.44. The second-order valence-corrected chi connectivity index (χ2v) is 4.81. The highest BCUT2D eigenvalue weighted by atomic mass is 16.5. The summed E-state index contributed by atoms with van der Waals surface area (Å²) in [5, 5.41) is 0. The van der Waals surface area contributed by atoms with Crippen molar-refractivity contribution in [1.29, 1.82) is 0 Å². The van der Waals surface area contributed by atoms with E-state index in [1.54, 1.807) is 19.1 Å². The number of methoxy groups -OCH3 is 2. The molecule has 0 aromatic carbocycles. The molecule has 0 bridgehead atoms. The van der Waals surface area contributed by atoms with Crippen LogP contribution in [0.15, 0.2) is 0 Å². The third-order valence-electron chi connectivity index (χ3n) is 3.41. The molecule has 1 atom stereocenters. The summed E-state index contributed by atoms with van der Waals surface area (Å²) in [5.74, 6) is 0.0327. The fourth-order valence-electron chi connectivity index (χ4n) is 2.10. The van der Waals surface area contributed by atoms with E-state index in [0.717, 1.165) is 19.3 Å². The summed E-state index contributed by atoms with van der Waals surface area (Å²) in [7, 11) is 3.27. The highest BCUT2D eigenvalue weighted by Crippen LogP contribution is 2.31. The second-order valence-electron chi connectivity index (χ2n) is 4.81. The van der Waals surface area contributed by atoms with E-state index in [9.17, 15) is 4.79 Å². The number of rotatable bonds is 7. The van der Waals surface area contributed by atoms with E-state index >= 15 is 0 Å². The number of hydrogen-bond donors (Lipinski definition) is 1. The van der Waals surface area contributed by atoms with Crippen LogP contribution < -0.4 is 5.73 Å². The fraction of sp³-hybridized carbons (Fsp3) is 0.917. The van der Waals surface area contributed by atoms with Crippen molar-refractivity contribution in [2.24, 2.45) is 5.73 Å². The van der Waals surface area contributed by atoms with Gasteiger partial charge in [-0.25, -0.2) is 0 Å². The second kappa shape index (κ2) is 6.33. The van der Waals surface area contributed by atoms with Gasteiger partial charge >= 0.3 is 0 Å². The minimum Gasteiger partial charge on any atom is -0.383 e. The van der Waals surface area contributed by atoms with Crippen LogP contribution in [0.5, 0.6) is 0 Å². The molecule has 0 spiro atoms. The molecule has 1 aliphatic rings. The Morgan fingerprint density at radius 1 is 1.41 bits per heavy atom. The Bertz CT molecular complexity index is 254. The van der Waals surface area contributed by atoms with Gasteiger partial charge in [-0.1, -0.05) is 0 Å². The zero-order chi connectivity index (χ0) is 12.9. The summed E-state index contributed by atoms with van der Waals surface area (Å²) >= 11 is 0. The van der Waals surface area contributed by atoms with Crippen LogP contribution >= 0.6 is 0 Å². The number of carbonyl (C=O) groups excluding carboxylic acids is 1. The monoisotopic (exact) mass is 244 g/mol. The maximum absolute atomic E-state index is 12.4. The van der Waals surface area contributed by atoms with Crippen LogP contribution in [0.2, 0.25) is 0 Å². The third-order valence-corrected chi connectivity index (χ3v) is 3.41. The average molecular weight is 244 g/mol. The van der Waals surface area contributed by atoms with E-state index < -0.39 is 5.54 Å². The van der Waals surface area contributed by atoms with Crippen molar-refractivity contribution in [2.75, 3.05) is 34.0 Å². The van der Waals surface area contributed by atoms with Crippen LogP contribution in [0.3, 0.4) is 0 Å². The molecule has 1 aliphatic carbocycles. The molecule has 1 unspecified atom stereocenters. The van der Waals surface area contributed by atoms with Crippen molar-refractivity contribution in [3.05, 3.63) is 0 Å². The summed E-state index contributed by atoms with van der Waals surface area (Å²) in [4.78, 5) is 14.1. The topological polar surface area (TPSA) is 64.8 Å². The van der Waals surface area contributed by atoms with Crippen molar-refractivity contribution in [3.8, 4) is 0 Å². The van der Waals surface area contributed by atoms with Crippen LogP contribution in [0.1, 0.15) is 26.2 Å². The lowest BCUT2D eigenvalue weighted by Gasteiger charge is -2.42. The predicted molar refractivity (Wildman–Crippen MR) is 65.7 cm³/mol. The lowest BCUT2D eigenvalue weighted by molar-refractivity contribution is -0.144. The Morgan fingerprint density at radius 3 is 2.47 bits per heavy atom. The van der Waals surface area contributed by atoms with Crippen LogP contribution in [-0.2, 0) is 14.3 Å². The van der Waals surface area contributed by atoms with Gasteiger partial charge in [0.1, 0.15) is 0 Å². The molecule has 0 aromatic rings. The van der Waals surface area contributed by atoms with Crippen LogP contribution in [0, 0.1) is 0 Å². The van der Waals surface area contributed by atoms with Gasteiger partial charge in [0, 0.05) is 20.8 Å². The maximum atomic E-state index is 12.4. The molecule has 17 heavy (non-hydrogen) atoms. The molecular formula is C12H24N2O3. The SMILES string of the molecule is COCCN(C(=O)C1(N)CCC1)C(C)COC. The molecule has 100 valence electrons. The van der Waals surface area contributed by atoms with E-state index in [2.05, 4.69) is 0 Å². The molecule has 1 saturated carbocycles. The van der Waals surface area contributed by atoms with Crippen molar-refractivity contribution < 1.29 is 14.3 Å². The van der Waals surface area contributed by atoms with Crippen molar-refractivity contribution in [3.63, 3.8) is 0 Å². The molecule has 2 N–H and O–H groups in total. The molecule has 1 rings (SSSR count). The third kappa shape index (κ3) is 3.40. The quantitative estimate of drug-likeness (QED) is 0.703.